The molecule has 5 rings (SSSR count). The van der Waals surface area contributed by atoms with Crippen LogP contribution >= 0.6 is 0 Å². The monoisotopic (exact) mass is 494 g/mol. The van der Waals surface area contributed by atoms with Crippen LogP contribution < -0.4 is 9.64 Å². The molecule has 3 aromatic carbocycles. The van der Waals surface area contributed by atoms with Gasteiger partial charge in [-0.3, -0.25) is 19.3 Å². The molecule has 186 valence electrons. The molecule has 0 aliphatic carbocycles. The molecule has 2 unspecified atom stereocenters. The van der Waals surface area contributed by atoms with Crippen molar-refractivity contribution >= 4 is 23.2 Å². The fourth-order valence-electron chi connectivity index (χ4n) is 4.98. The second kappa shape index (κ2) is 9.50. The number of carbonyl (C=O) groups is 3. The summed E-state index contributed by atoms with van der Waals surface area (Å²) in [4.78, 5) is 42.7. The summed E-state index contributed by atoms with van der Waals surface area (Å²) in [5.74, 6) is -2.50. The second-order valence-electron chi connectivity index (χ2n) is 9.49. The van der Waals surface area contributed by atoms with Crippen LogP contribution in [-0.2, 0) is 19.8 Å². The van der Waals surface area contributed by atoms with E-state index in [2.05, 4.69) is 5.16 Å². The standard InChI is InChI=1S/C30H26N2O5/c1-30(2,20-9-5-4-6-10-20)28(34)25-26(22-11-7-8-12-24(22)36-3)32(29(35)27(25)33)21-15-13-19(14-16-21)23-17-18-37-31-23/h4-18,25-26H,1-3H3. The first kappa shape index (κ1) is 24.2. The second-order valence-corrected chi connectivity index (χ2v) is 9.49. The zero-order valence-corrected chi connectivity index (χ0v) is 20.8. The molecule has 1 aromatic heterocycles. The van der Waals surface area contributed by atoms with E-state index in [1.165, 1.54) is 18.3 Å². The number of para-hydroxylation sites is 1. The van der Waals surface area contributed by atoms with Gasteiger partial charge in [0.2, 0.25) is 5.78 Å². The molecule has 7 heteroatoms. The molecule has 37 heavy (non-hydrogen) atoms. The first-order chi connectivity index (χ1) is 17.8. The SMILES string of the molecule is COc1ccccc1C1C(C(=O)C(C)(C)c2ccccc2)C(=O)C(=O)N1c1ccc(-c2ccon2)cc1. The molecule has 0 saturated carbocycles. The summed E-state index contributed by atoms with van der Waals surface area (Å²) in [5.41, 5.74) is 2.29. The molecule has 2 heterocycles. The fourth-order valence-corrected chi connectivity index (χ4v) is 4.98. The van der Waals surface area contributed by atoms with Crippen LogP contribution in [0.25, 0.3) is 11.3 Å². The van der Waals surface area contributed by atoms with Crippen molar-refractivity contribution in [1.82, 2.24) is 5.16 Å². The molecule has 0 bridgehead atoms. The average Bonchev–Trinajstić information content (AvgIpc) is 3.56. The highest BCUT2D eigenvalue weighted by Crippen LogP contribution is 2.46. The Morgan fingerprint density at radius 3 is 2.24 bits per heavy atom. The maximum atomic E-state index is 14.1. The number of benzene rings is 3. The van der Waals surface area contributed by atoms with E-state index in [4.69, 9.17) is 9.26 Å². The Hall–Kier alpha value is -4.52. The van der Waals surface area contributed by atoms with Crippen molar-refractivity contribution in [3.63, 3.8) is 0 Å². The molecule has 0 spiro atoms. The Balaban J connectivity index is 1.63. The van der Waals surface area contributed by atoms with Crippen LogP contribution in [0.4, 0.5) is 5.69 Å². The van der Waals surface area contributed by atoms with E-state index < -0.39 is 29.1 Å². The minimum absolute atomic E-state index is 0.324. The summed E-state index contributed by atoms with van der Waals surface area (Å²) in [6.07, 6.45) is 1.48. The highest BCUT2D eigenvalue weighted by atomic mass is 16.5. The first-order valence-electron chi connectivity index (χ1n) is 12.0. The van der Waals surface area contributed by atoms with Crippen LogP contribution in [0.3, 0.4) is 0 Å². The van der Waals surface area contributed by atoms with Crippen molar-refractivity contribution in [1.29, 1.82) is 0 Å². The third kappa shape index (κ3) is 4.12. The molecular formula is C30H26N2O5. The number of amides is 1. The largest absolute Gasteiger partial charge is 0.496 e. The van der Waals surface area contributed by atoms with Crippen LogP contribution in [0.5, 0.6) is 5.75 Å². The molecule has 1 aliphatic heterocycles. The van der Waals surface area contributed by atoms with Crippen molar-refractivity contribution in [3.05, 3.63) is 102 Å². The summed E-state index contributed by atoms with van der Waals surface area (Å²) < 4.78 is 10.5. The summed E-state index contributed by atoms with van der Waals surface area (Å²) in [6.45, 7) is 3.58. The molecule has 4 aromatic rings. The zero-order valence-electron chi connectivity index (χ0n) is 20.8. The highest BCUT2D eigenvalue weighted by molar-refractivity contribution is 6.48. The maximum Gasteiger partial charge on any atom is 0.295 e. The number of methoxy groups -OCH3 is 1. The van der Waals surface area contributed by atoms with E-state index in [9.17, 15) is 14.4 Å². The van der Waals surface area contributed by atoms with Gasteiger partial charge in [-0.25, -0.2) is 0 Å². The molecule has 1 saturated heterocycles. The van der Waals surface area contributed by atoms with E-state index in [1.54, 1.807) is 62.4 Å². The number of nitrogens with zero attached hydrogens (tertiary/aromatic N) is 2. The number of anilines is 1. The number of Topliss-reactive ketones (excluding diaryl/α,β-unsaturated/α-hetero) is 2. The van der Waals surface area contributed by atoms with E-state index in [0.717, 1.165) is 11.1 Å². The minimum Gasteiger partial charge on any atom is -0.496 e. The van der Waals surface area contributed by atoms with Gasteiger partial charge in [-0.15, -0.1) is 0 Å². The molecule has 1 fully saturated rings. The topological polar surface area (TPSA) is 89.7 Å². The summed E-state index contributed by atoms with van der Waals surface area (Å²) in [5, 5.41) is 3.95. The number of aromatic nitrogens is 1. The average molecular weight is 495 g/mol. The Morgan fingerprint density at radius 1 is 0.919 bits per heavy atom. The fraction of sp³-hybridized carbons (Fsp3) is 0.200. The van der Waals surface area contributed by atoms with Crippen molar-refractivity contribution in [2.75, 3.05) is 12.0 Å². The number of ketones is 2. The molecule has 2 atom stereocenters. The number of rotatable bonds is 7. The summed E-state index contributed by atoms with van der Waals surface area (Å²) in [6, 6.07) is 24.4. The summed E-state index contributed by atoms with van der Waals surface area (Å²) in [7, 11) is 1.53. The van der Waals surface area contributed by atoms with Crippen molar-refractivity contribution in [3.8, 4) is 17.0 Å². The van der Waals surface area contributed by atoms with Gasteiger partial charge >= 0.3 is 0 Å². The van der Waals surface area contributed by atoms with Crippen LogP contribution in [0, 0.1) is 5.92 Å². The molecular weight excluding hydrogens is 468 g/mol. The molecule has 1 aliphatic rings. The Morgan fingerprint density at radius 2 is 1.59 bits per heavy atom. The van der Waals surface area contributed by atoms with Gasteiger partial charge in [0.1, 0.15) is 23.6 Å². The first-order valence-corrected chi connectivity index (χ1v) is 12.0. The maximum absolute atomic E-state index is 14.1. The zero-order chi connectivity index (χ0) is 26.2. The summed E-state index contributed by atoms with van der Waals surface area (Å²) >= 11 is 0. The third-order valence-electron chi connectivity index (χ3n) is 7.04. The lowest BCUT2D eigenvalue weighted by molar-refractivity contribution is -0.140. The van der Waals surface area contributed by atoms with Crippen LogP contribution in [0.1, 0.15) is 31.0 Å². The molecule has 0 N–H and O–H groups in total. The Bertz CT molecular complexity index is 1440. The number of ether oxygens (including phenoxy) is 1. The number of hydrogen-bond acceptors (Lipinski definition) is 6. The van der Waals surface area contributed by atoms with E-state index in [0.29, 0.717) is 22.7 Å². The van der Waals surface area contributed by atoms with Gasteiger partial charge in [-0.2, -0.15) is 0 Å². The van der Waals surface area contributed by atoms with Crippen molar-refractivity contribution in [2.24, 2.45) is 5.92 Å². The Labute approximate surface area is 214 Å². The van der Waals surface area contributed by atoms with E-state index in [1.807, 2.05) is 36.4 Å². The van der Waals surface area contributed by atoms with Gasteiger partial charge in [0, 0.05) is 28.3 Å². The smallest absolute Gasteiger partial charge is 0.295 e. The minimum atomic E-state index is -1.21. The lowest BCUT2D eigenvalue weighted by atomic mass is 9.72. The van der Waals surface area contributed by atoms with E-state index in [-0.39, 0.29) is 5.78 Å². The Kier molecular flexibility index (Phi) is 6.21. The van der Waals surface area contributed by atoms with Gasteiger partial charge in [-0.1, -0.05) is 65.8 Å². The predicted molar refractivity (Wildman–Crippen MR) is 138 cm³/mol. The van der Waals surface area contributed by atoms with Gasteiger partial charge in [0.25, 0.3) is 5.91 Å². The van der Waals surface area contributed by atoms with Crippen molar-refractivity contribution in [2.45, 2.75) is 25.3 Å². The number of hydrogen-bond donors (Lipinski definition) is 0. The van der Waals surface area contributed by atoms with Gasteiger partial charge in [0.05, 0.1) is 13.2 Å². The lowest BCUT2D eigenvalue weighted by Gasteiger charge is -2.32. The third-order valence-corrected chi connectivity index (χ3v) is 7.04. The normalized spacial score (nSPS) is 17.8. The lowest BCUT2D eigenvalue weighted by Crippen LogP contribution is -2.40. The predicted octanol–water partition coefficient (Wildman–Crippen LogP) is 5.17. The highest BCUT2D eigenvalue weighted by Gasteiger charge is 2.55. The van der Waals surface area contributed by atoms with Crippen molar-refractivity contribution < 1.29 is 23.6 Å². The van der Waals surface area contributed by atoms with Crippen LogP contribution in [0.2, 0.25) is 0 Å². The van der Waals surface area contributed by atoms with Gasteiger partial charge < -0.3 is 9.26 Å². The van der Waals surface area contributed by atoms with Crippen LogP contribution in [-0.4, -0.2) is 29.7 Å². The molecule has 7 nitrogen and oxygen atoms in total. The quantitative estimate of drug-likeness (QED) is 0.260. The van der Waals surface area contributed by atoms with E-state index >= 15 is 0 Å². The molecule has 0 radical (unpaired) electrons. The number of carbonyl (C=O) groups excluding carboxylic acids is 3. The van der Waals surface area contributed by atoms with Crippen LogP contribution in [0.15, 0.2) is 95.7 Å². The van der Waals surface area contributed by atoms with Gasteiger partial charge in [-0.05, 0) is 37.6 Å². The molecule has 1 amide bonds. The van der Waals surface area contributed by atoms with Gasteiger partial charge in [0.15, 0.2) is 5.78 Å².